The highest BCUT2D eigenvalue weighted by Crippen LogP contribution is 2.33. The van der Waals surface area contributed by atoms with E-state index in [0.29, 0.717) is 22.5 Å². The lowest BCUT2D eigenvalue weighted by Crippen LogP contribution is -2.29. The number of carboxylic acid groups (broad SMARTS) is 1. The average molecular weight is 387 g/mol. The first-order valence-corrected chi connectivity index (χ1v) is 9.30. The van der Waals surface area contributed by atoms with Crippen LogP contribution in [0.15, 0.2) is 67.1 Å². The van der Waals surface area contributed by atoms with Crippen LogP contribution in [-0.4, -0.2) is 26.0 Å². The minimum atomic E-state index is -0.966. The van der Waals surface area contributed by atoms with Crippen molar-refractivity contribution in [2.45, 2.75) is 26.1 Å². The molecule has 29 heavy (non-hydrogen) atoms. The van der Waals surface area contributed by atoms with Gasteiger partial charge in [0.05, 0.1) is 35.4 Å². The van der Waals surface area contributed by atoms with Gasteiger partial charge in [0.1, 0.15) is 0 Å². The summed E-state index contributed by atoms with van der Waals surface area (Å²) < 4.78 is 6.33. The Morgan fingerprint density at radius 2 is 1.93 bits per heavy atom. The van der Waals surface area contributed by atoms with Crippen LogP contribution in [-0.2, 0) is 16.9 Å². The number of rotatable bonds is 6. The molecule has 4 rings (SSSR count). The van der Waals surface area contributed by atoms with Crippen LogP contribution in [0.4, 0.5) is 0 Å². The third-order valence-electron chi connectivity index (χ3n) is 5.16. The summed E-state index contributed by atoms with van der Waals surface area (Å²) >= 11 is 0. The Hall–Kier alpha value is -3.51. The van der Waals surface area contributed by atoms with Gasteiger partial charge in [0, 0.05) is 11.6 Å². The number of aromatic nitrogens is 3. The van der Waals surface area contributed by atoms with Gasteiger partial charge in [-0.3, -0.25) is 0 Å². The average Bonchev–Trinajstić information content (AvgIpc) is 3.27. The third-order valence-corrected chi connectivity index (χ3v) is 5.16. The van der Waals surface area contributed by atoms with E-state index in [1.807, 2.05) is 49.4 Å². The molecule has 0 bridgehead atoms. The topological polar surface area (TPSA) is 88.1 Å². The van der Waals surface area contributed by atoms with Gasteiger partial charge in [0.15, 0.2) is 5.60 Å². The summed E-state index contributed by atoms with van der Waals surface area (Å²) in [7, 11) is 0. The molecule has 4 aromatic rings. The molecule has 2 aromatic heterocycles. The number of hydrogen-bond donors (Lipinski definition) is 2. The highest BCUT2D eigenvalue weighted by Gasteiger charge is 2.34. The quantitative estimate of drug-likeness (QED) is 0.510. The first kappa shape index (κ1) is 18.8. The molecular weight excluding hydrogens is 366 g/mol. The SMILES string of the molecule is Cc1cccc(COC(C)(c2c[nH]cn2)c2ccc3ccccc3n2)c1C(=O)O. The van der Waals surface area contributed by atoms with Crippen molar-refractivity contribution in [1.82, 2.24) is 15.0 Å². The smallest absolute Gasteiger partial charge is 0.336 e. The van der Waals surface area contributed by atoms with Gasteiger partial charge in [-0.05, 0) is 37.1 Å². The van der Waals surface area contributed by atoms with E-state index in [4.69, 9.17) is 9.72 Å². The molecule has 0 saturated carbocycles. The Kier molecular flexibility index (Phi) is 4.86. The fraction of sp³-hybridized carbons (Fsp3) is 0.174. The molecule has 1 unspecified atom stereocenters. The zero-order valence-electron chi connectivity index (χ0n) is 16.2. The lowest BCUT2D eigenvalue weighted by atomic mass is 9.96. The molecule has 0 aliphatic rings. The van der Waals surface area contributed by atoms with Crippen LogP contribution in [0.5, 0.6) is 0 Å². The zero-order valence-corrected chi connectivity index (χ0v) is 16.2. The Morgan fingerprint density at radius 1 is 1.10 bits per heavy atom. The van der Waals surface area contributed by atoms with E-state index in [-0.39, 0.29) is 12.2 Å². The summed E-state index contributed by atoms with van der Waals surface area (Å²) in [6.45, 7) is 3.79. The summed E-state index contributed by atoms with van der Waals surface area (Å²) in [6, 6.07) is 17.2. The van der Waals surface area contributed by atoms with Crippen LogP contribution in [0.3, 0.4) is 0 Å². The number of fused-ring (bicyclic) bond motifs is 1. The van der Waals surface area contributed by atoms with Crippen molar-refractivity contribution in [1.29, 1.82) is 0 Å². The summed E-state index contributed by atoms with van der Waals surface area (Å²) in [6.07, 6.45) is 3.36. The van der Waals surface area contributed by atoms with Crippen molar-refractivity contribution >= 4 is 16.9 Å². The fourth-order valence-electron chi connectivity index (χ4n) is 3.51. The van der Waals surface area contributed by atoms with E-state index in [1.165, 1.54) is 0 Å². The Balaban J connectivity index is 1.75. The normalized spacial score (nSPS) is 13.3. The predicted molar refractivity (Wildman–Crippen MR) is 110 cm³/mol. The molecular formula is C23H21N3O3. The van der Waals surface area contributed by atoms with Crippen LogP contribution >= 0.6 is 0 Å². The zero-order chi connectivity index (χ0) is 20.4. The monoisotopic (exact) mass is 387 g/mol. The van der Waals surface area contributed by atoms with Gasteiger partial charge in [-0.25, -0.2) is 14.8 Å². The van der Waals surface area contributed by atoms with Crippen molar-refractivity contribution in [3.05, 3.63) is 95.2 Å². The van der Waals surface area contributed by atoms with Crippen molar-refractivity contribution in [3.63, 3.8) is 0 Å². The van der Waals surface area contributed by atoms with Crippen LogP contribution < -0.4 is 0 Å². The van der Waals surface area contributed by atoms with E-state index < -0.39 is 11.6 Å². The van der Waals surface area contributed by atoms with E-state index >= 15 is 0 Å². The van der Waals surface area contributed by atoms with E-state index in [1.54, 1.807) is 31.6 Å². The van der Waals surface area contributed by atoms with Gasteiger partial charge in [0.2, 0.25) is 0 Å². The highest BCUT2D eigenvalue weighted by atomic mass is 16.5. The van der Waals surface area contributed by atoms with Gasteiger partial charge >= 0.3 is 5.97 Å². The molecule has 0 aliphatic carbocycles. The minimum Gasteiger partial charge on any atom is -0.478 e. The first-order chi connectivity index (χ1) is 14.0. The predicted octanol–water partition coefficient (Wildman–Crippen LogP) is 4.44. The molecule has 146 valence electrons. The lowest BCUT2D eigenvalue weighted by Gasteiger charge is -2.28. The lowest BCUT2D eigenvalue weighted by molar-refractivity contribution is -0.0224. The number of carbonyl (C=O) groups is 1. The number of pyridine rings is 1. The molecule has 2 heterocycles. The largest absolute Gasteiger partial charge is 0.478 e. The van der Waals surface area contributed by atoms with E-state index in [2.05, 4.69) is 9.97 Å². The Bertz CT molecular complexity index is 1170. The number of nitrogens with one attached hydrogen (secondary N) is 1. The Labute approximate surface area is 168 Å². The molecule has 2 N–H and O–H groups in total. The standard InChI is InChI=1S/C23H21N3O3/c1-15-6-5-8-17(21(15)22(27)28)13-29-23(2,20-12-24-14-25-20)19-11-10-16-7-3-4-9-18(16)26-19/h3-12,14H,13H2,1-2H3,(H,24,25)(H,27,28). The van der Waals surface area contributed by atoms with Gasteiger partial charge in [-0.1, -0.05) is 42.5 Å². The summed E-state index contributed by atoms with van der Waals surface area (Å²) in [4.78, 5) is 23.9. The molecule has 0 spiro atoms. The number of para-hydroxylation sites is 1. The summed E-state index contributed by atoms with van der Waals surface area (Å²) in [5, 5.41) is 10.6. The maximum Gasteiger partial charge on any atom is 0.336 e. The Morgan fingerprint density at radius 3 is 2.69 bits per heavy atom. The second-order valence-electron chi connectivity index (χ2n) is 7.08. The number of benzene rings is 2. The number of ether oxygens (including phenoxy) is 1. The maximum atomic E-state index is 11.7. The summed E-state index contributed by atoms with van der Waals surface area (Å²) in [5.74, 6) is -0.966. The number of nitrogens with zero attached hydrogens (tertiary/aromatic N) is 2. The van der Waals surface area contributed by atoms with Crippen LogP contribution in [0.25, 0.3) is 10.9 Å². The maximum absolute atomic E-state index is 11.7. The van der Waals surface area contributed by atoms with Gasteiger partial charge in [-0.15, -0.1) is 0 Å². The van der Waals surface area contributed by atoms with Gasteiger partial charge in [0.25, 0.3) is 0 Å². The number of aromatic carboxylic acids is 1. The van der Waals surface area contributed by atoms with Crippen molar-refractivity contribution in [3.8, 4) is 0 Å². The van der Waals surface area contributed by atoms with Gasteiger partial charge in [-0.2, -0.15) is 0 Å². The highest BCUT2D eigenvalue weighted by molar-refractivity contribution is 5.91. The number of hydrogen-bond acceptors (Lipinski definition) is 4. The van der Waals surface area contributed by atoms with Crippen LogP contribution in [0, 0.1) is 6.92 Å². The van der Waals surface area contributed by atoms with Gasteiger partial charge < -0.3 is 14.8 Å². The van der Waals surface area contributed by atoms with E-state index in [0.717, 1.165) is 10.9 Å². The number of H-pyrrole nitrogens is 1. The number of imidazole rings is 1. The minimum absolute atomic E-state index is 0.112. The number of aromatic amines is 1. The molecule has 0 amide bonds. The molecule has 1 atom stereocenters. The van der Waals surface area contributed by atoms with Crippen molar-refractivity contribution in [2.75, 3.05) is 0 Å². The van der Waals surface area contributed by atoms with Crippen LogP contribution in [0.1, 0.15) is 39.8 Å². The first-order valence-electron chi connectivity index (χ1n) is 9.30. The fourth-order valence-corrected chi connectivity index (χ4v) is 3.51. The molecule has 0 aliphatic heterocycles. The van der Waals surface area contributed by atoms with Crippen molar-refractivity contribution in [2.24, 2.45) is 0 Å². The molecule has 6 nitrogen and oxygen atoms in total. The van der Waals surface area contributed by atoms with Crippen molar-refractivity contribution < 1.29 is 14.6 Å². The van der Waals surface area contributed by atoms with E-state index in [9.17, 15) is 9.90 Å². The molecule has 0 fully saturated rings. The molecule has 2 aromatic carbocycles. The van der Waals surface area contributed by atoms with Crippen LogP contribution in [0.2, 0.25) is 0 Å². The molecule has 6 heteroatoms. The second-order valence-corrected chi connectivity index (χ2v) is 7.08. The number of aryl methyl sites for hydroxylation is 1. The number of carboxylic acids is 1. The summed E-state index contributed by atoms with van der Waals surface area (Å²) in [5.41, 5.74) is 2.85. The second kappa shape index (κ2) is 7.48. The molecule has 0 saturated heterocycles. The third kappa shape index (κ3) is 3.50. The molecule has 0 radical (unpaired) electrons.